The molecule has 0 fully saturated rings. The van der Waals surface area contributed by atoms with Crippen LogP contribution >= 0.6 is 0 Å². The van der Waals surface area contributed by atoms with Crippen molar-refractivity contribution in [1.29, 1.82) is 0 Å². The largest absolute Gasteiger partial charge is 0.485 e. The summed E-state index contributed by atoms with van der Waals surface area (Å²) in [4.78, 5) is 43.2. The lowest BCUT2D eigenvalue weighted by Crippen LogP contribution is -2.50. The Hall–Kier alpha value is -4.78. The number of urea groups is 1. The Morgan fingerprint density at radius 2 is 1.93 bits per heavy atom. The number of carbonyl (C=O) groups is 3. The average Bonchev–Trinajstić information content (AvgIpc) is 3.59. The van der Waals surface area contributed by atoms with Gasteiger partial charge in [-0.3, -0.25) is 14.3 Å². The number of aliphatic hydroxyl groups is 1. The Balaban J connectivity index is 1.42. The predicted octanol–water partition coefficient (Wildman–Crippen LogP) is 3.09. The molecule has 4 amide bonds. The normalized spacial score (nSPS) is 18.2. The molecule has 0 radical (unpaired) electrons. The van der Waals surface area contributed by atoms with Crippen LogP contribution in [0.25, 0.3) is 0 Å². The Morgan fingerprint density at radius 3 is 2.65 bits per heavy atom. The van der Waals surface area contributed by atoms with E-state index < -0.39 is 18.1 Å². The number of anilines is 2. The first-order valence-corrected chi connectivity index (χ1v) is 14.0. The SMILES string of the molecule is Cc1cc(C(=O)Nc2cccc3c2O[C@H](CN(C)C(=O)Nc2ccc4c(c2)OCO4)[C@H](C)CN([C@H](C)CO)C3=O)n(C)n1. The summed E-state index contributed by atoms with van der Waals surface area (Å²) in [6.45, 7) is 5.82. The standard InChI is InChI=1S/C30H36N6O7/c1-17-13-36(19(3)15-37)29(39)21-7-6-8-22(32-28(38)23-11-18(2)33-35(23)5)27(21)43-26(17)14-34(4)30(40)31-20-9-10-24-25(12-20)42-16-41-24/h6-12,17,19,26,37H,13-16H2,1-5H3,(H,31,40)(H,32,38)/t17-,19-,26-/m1/s1. The Bertz CT molecular complexity index is 1540. The summed E-state index contributed by atoms with van der Waals surface area (Å²) in [5.41, 5.74) is 2.11. The van der Waals surface area contributed by atoms with Gasteiger partial charge in [-0.25, -0.2) is 4.79 Å². The zero-order chi connectivity index (χ0) is 30.8. The number of para-hydroxylation sites is 1. The molecule has 228 valence electrons. The molecule has 2 aromatic carbocycles. The van der Waals surface area contributed by atoms with Crippen molar-refractivity contribution in [3.8, 4) is 17.2 Å². The van der Waals surface area contributed by atoms with Crippen LogP contribution in [0.1, 0.15) is 40.4 Å². The number of nitrogens with zero attached hydrogens (tertiary/aromatic N) is 4. The van der Waals surface area contributed by atoms with Gasteiger partial charge in [0.25, 0.3) is 11.8 Å². The van der Waals surface area contributed by atoms with Gasteiger partial charge in [0.1, 0.15) is 11.8 Å². The van der Waals surface area contributed by atoms with E-state index in [9.17, 15) is 19.5 Å². The van der Waals surface area contributed by atoms with E-state index >= 15 is 0 Å². The van der Waals surface area contributed by atoms with Crippen LogP contribution < -0.4 is 24.8 Å². The molecule has 0 spiro atoms. The van der Waals surface area contributed by atoms with E-state index in [1.54, 1.807) is 75.3 Å². The molecule has 0 saturated carbocycles. The van der Waals surface area contributed by atoms with Crippen LogP contribution in [0.5, 0.6) is 17.2 Å². The number of hydrogen-bond acceptors (Lipinski definition) is 8. The summed E-state index contributed by atoms with van der Waals surface area (Å²) < 4.78 is 18.7. The van der Waals surface area contributed by atoms with Crippen LogP contribution in [0.3, 0.4) is 0 Å². The molecular weight excluding hydrogens is 556 g/mol. The molecule has 43 heavy (non-hydrogen) atoms. The first-order chi connectivity index (χ1) is 20.5. The van der Waals surface area contributed by atoms with Gasteiger partial charge in [-0.1, -0.05) is 13.0 Å². The molecule has 3 heterocycles. The van der Waals surface area contributed by atoms with Crippen LogP contribution in [0.15, 0.2) is 42.5 Å². The molecule has 3 aromatic rings. The first-order valence-electron chi connectivity index (χ1n) is 14.0. The molecule has 0 unspecified atom stereocenters. The number of fused-ring (bicyclic) bond motifs is 2. The van der Waals surface area contributed by atoms with E-state index in [1.165, 1.54) is 9.58 Å². The summed E-state index contributed by atoms with van der Waals surface area (Å²) in [5.74, 6) is 0.349. The average molecular weight is 593 g/mol. The van der Waals surface area contributed by atoms with E-state index in [0.29, 0.717) is 34.3 Å². The molecular formula is C30H36N6O7. The van der Waals surface area contributed by atoms with Crippen LogP contribution in [-0.2, 0) is 7.05 Å². The molecule has 3 atom stereocenters. The smallest absolute Gasteiger partial charge is 0.321 e. The van der Waals surface area contributed by atoms with Gasteiger partial charge >= 0.3 is 6.03 Å². The molecule has 13 nitrogen and oxygen atoms in total. The zero-order valence-corrected chi connectivity index (χ0v) is 24.8. The number of nitrogens with one attached hydrogen (secondary N) is 2. The topological polar surface area (TPSA) is 147 Å². The highest BCUT2D eigenvalue weighted by Crippen LogP contribution is 2.36. The number of ether oxygens (including phenoxy) is 3. The van der Waals surface area contributed by atoms with Crippen LogP contribution in [0, 0.1) is 12.8 Å². The van der Waals surface area contributed by atoms with Gasteiger partial charge in [-0.05, 0) is 44.2 Å². The van der Waals surface area contributed by atoms with E-state index in [4.69, 9.17) is 14.2 Å². The van der Waals surface area contributed by atoms with Crippen molar-refractivity contribution in [3.63, 3.8) is 0 Å². The summed E-state index contributed by atoms with van der Waals surface area (Å²) in [7, 11) is 3.32. The lowest BCUT2D eigenvalue weighted by molar-refractivity contribution is 0.0372. The van der Waals surface area contributed by atoms with Crippen LogP contribution in [-0.4, -0.2) is 88.2 Å². The fourth-order valence-corrected chi connectivity index (χ4v) is 5.12. The highest BCUT2D eigenvalue weighted by atomic mass is 16.7. The molecule has 1 aromatic heterocycles. The van der Waals surface area contributed by atoms with Gasteiger partial charge < -0.3 is 39.8 Å². The number of hydrogen-bond donors (Lipinski definition) is 3. The highest BCUT2D eigenvalue weighted by molar-refractivity contribution is 6.06. The molecule has 2 aliphatic heterocycles. The van der Waals surface area contributed by atoms with E-state index in [0.717, 1.165) is 0 Å². The number of aromatic nitrogens is 2. The van der Waals surface area contributed by atoms with E-state index in [1.807, 2.05) is 6.92 Å². The van der Waals surface area contributed by atoms with Gasteiger partial charge in [-0.2, -0.15) is 5.10 Å². The quantitative estimate of drug-likeness (QED) is 0.379. The summed E-state index contributed by atoms with van der Waals surface area (Å²) in [6.07, 6.45) is -0.579. The second-order valence-electron chi connectivity index (χ2n) is 10.9. The maximum atomic E-state index is 13.7. The van der Waals surface area contributed by atoms with Gasteiger partial charge in [0.2, 0.25) is 6.79 Å². The monoisotopic (exact) mass is 592 g/mol. The first kappa shape index (κ1) is 29.7. The number of rotatable bonds is 7. The van der Waals surface area contributed by atoms with Crippen molar-refractivity contribution in [2.45, 2.75) is 32.9 Å². The van der Waals surface area contributed by atoms with Gasteiger partial charge in [0, 0.05) is 38.3 Å². The van der Waals surface area contributed by atoms with E-state index in [-0.39, 0.29) is 55.7 Å². The van der Waals surface area contributed by atoms with Crippen molar-refractivity contribution in [2.75, 3.05) is 44.2 Å². The van der Waals surface area contributed by atoms with Crippen molar-refractivity contribution < 1.29 is 33.7 Å². The predicted molar refractivity (Wildman–Crippen MR) is 158 cm³/mol. The minimum absolute atomic E-state index is 0.129. The highest BCUT2D eigenvalue weighted by Gasteiger charge is 2.35. The third-order valence-electron chi connectivity index (χ3n) is 7.60. The number of aryl methyl sites for hydroxylation is 2. The Kier molecular flexibility index (Phi) is 8.44. The minimum atomic E-state index is -0.579. The molecule has 5 rings (SSSR count). The fourth-order valence-electron chi connectivity index (χ4n) is 5.12. The van der Waals surface area contributed by atoms with Crippen molar-refractivity contribution in [1.82, 2.24) is 19.6 Å². The summed E-state index contributed by atoms with van der Waals surface area (Å²) in [5, 5.41) is 19.9. The van der Waals surface area contributed by atoms with Crippen LogP contribution in [0.4, 0.5) is 16.2 Å². The molecule has 2 aliphatic rings. The van der Waals surface area contributed by atoms with E-state index in [2.05, 4.69) is 15.7 Å². The third kappa shape index (κ3) is 6.21. The third-order valence-corrected chi connectivity index (χ3v) is 7.60. The molecule has 0 aliphatic carbocycles. The van der Waals surface area contributed by atoms with Crippen molar-refractivity contribution in [2.24, 2.45) is 13.0 Å². The molecule has 0 saturated heterocycles. The molecule has 3 N–H and O–H groups in total. The van der Waals surface area contributed by atoms with Crippen LogP contribution in [0.2, 0.25) is 0 Å². The van der Waals surface area contributed by atoms with Gasteiger partial charge in [-0.15, -0.1) is 0 Å². The molecule has 13 heteroatoms. The Morgan fingerprint density at radius 1 is 1.16 bits per heavy atom. The summed E-state index contributed by atoms with van der Waals surface area (Å²) in [6, 6.07) is 10.9. The van der Waals surface area contributed by atoms with Gasteiger partial charge in [0.05, 0.1) is 36.1 Å². The number of aliphatic hydroxyl groups excluding tert-OH is 1. The lowest BCUT2D eigenvalue weighted by Gasteiger charge is -2.38. The maximum absolute atomic E-state index is 13.7. The Labute approximate surface area is 249 Å². The second kappa shape index (κ2) is 12.2. The number of carbonyl (C=O) groups excluding carboxylic acids is 3. The summed E-state index contributed by atoms with van der Waals surface area (Å²) >= 11 is 0. The van der Waals surface area contributed by atoms with Crippen molar-refractivity contribution >= 4 is 29.2 Å². The number of likely N-dealkylation sites (N-methyl/N-ethyl adjacent to an activating group) is 1. The number of amides is 4. The van der Waals surface area contributed by atoms with Gasteiger partial charge in [0.15, 0.2) is 17.2 Å². The number of benzene rings is 2. The zero-order valence-electron chi connectivity index (χ0n) is 24.8. The maximum Gasteiger partial charge on any atom is 0.321 e. The second-order valence-corrected chi connectivity index (χ2v) is 10.9. The van der Waals surface area contributed by atoms with Crippen molar-refractivity contribution in [3.05, 3.63) is 59.4 Å². The fraction of sp³-hybridized carbons (Fsp3) is 0.400. The minimum Gasteiger partial charge on any atom is -0.485 e. The molecule has 0 bridgehead atoms. The lowest BCUT2D eigenvalue weighted by atomic mass is 9.99.